The standard InChI is InChI=1S/C17H26N2O2S/c20-22(21,15-9-3-1-4-10-15)18-16-11-5-6-12-17(16)19-13-7-2-8-14-19/h1,3-4,9-10,16-18H,2,5-8,11-14H2/p+1/t16-,17-/m0/s1. The van der Waals surface area contributed by atoms with Gasteiger partial charge in [-0.2, -0.15) is 0 Å². The first-order valence-corrected chi connectivity index (χ1v) is 10.1. The number of benzene rings is 1. The Morgan fingerprint density at radius 3 is 2.32 bits per heavy atom. The van der Waals surface area contributed by atoms with E-state index >= 15 is 0 Å². The van der Waals surface area contributed by atoms with Gasteiger partial charge in [0.25, 0.3) is 0 Å². The molecule has 0 amide bonds. The largest absolute Gasteiger partial charge is 0.331 e. The Hall–Kier alpha value is -0.910. The molecule has 1 aliphatic heterocycles. The second kappa shape index (κ2) is 7.11. The van der Waals surface area contributed by atoms with Gasteiger partial charge >= 0.3 is 0 Å². The highest BCUT2D eigenvalue weighted by Crippen LogP contribution is 2.20. The summed E-state index contributed by atoms with van der Waals surface area (Å²) < 4.78 is 28.2. The van der Waals surface area contributed by atoms with Gasteiger partial charge in [0.05, 0.1) is 24.0 Å². The van der Waals surface area contributed by atoms with Crippen molar-refractivity contribution in [3.05, 3.63) is 30.3 Å². The molecule has 2 N–H and O–H groups in total. The summed E-state index contributed by atoms with van der Waals surface area (Å²) in [5.74, 6) is 0. The minimum absolute atomic E-state index is 0.0899. The minimum Gasteiger partial charge on any atom is -0.331 e. The fraction of sp³-hybridized carbons (Fsp3) is 0.647. The number of sulfonamides is 1. The summed E-state index contributed by atoms with van der Waals surface area (Å²) in [7, 11) is -3.39. The van der Waals surface area contributed by atoms with Crippen molar-refractivity contribution in [2.45, 2.75) is 61.9 Å². The van der Waals surface area contributed by atoms with E-state index in [0.29, 0.717) is 10.9 Å². The van der Waals surface area contributed by atoms with E-state index in [9.17, 15) is 8.42 Å². The molecular weight excluding hydrogens is 296 g/mol. The molecule has 1 aromatic rings. The van der Waals surface area contributed by atoms with E-state index in [2.05, 4.69) is 4.72 Å². The summed E-state index contributed by atoms with van der Waals surface area (Å²) in [5.41, 5.74) is 0. The Morgan fingerprint density at radius 1 is 0.909 bits per heavy atom. The number of piperidine rings is 1. The van der Waals surface area contributed by atoms with E-state index in [0.717, 1.165) is 19.3 Å². The van der Waals surface area contributed by atoms with Crippen molar-refractivity contribution in [2.75, 3.05) is 13.1 Å². The molecular formula is C17H27N2O2S+. The van der Waals surface area contributed by atoms with Gasteiger partial charge in [-0.3, -0.25) is 0 Å². The van der Waals surface area contributed by atoms with Gasteiger partial charge in [-0.05, 0) is 44.2 Å². The molecule has 0 spiro atoms. The van der Waals surface area contributed by atoms with E-state index in [-0.39, 0.29) is 6.04 Å². The Bertz CT molecular complexity index is 568. The molecule has 1 saturated heterocycles. The summed E-state index contributed by atoms with van der Waals surface area (Å²) in [6.45, 7) is 2.41. The Morgan fingerprint density at radius 2 is 1.59 bits per heavy atom. The Balaban J connectivity index is 1.73. The first-order chi connectivity index (χ1) is 10.7. The van der Waals surface area contributed by atoms with Crippen molar-refractivity contribution >= 4 is 10.0 Å². The van der Waals surface area contributed by atoms with Crippen LogP contribution in [0.25, 0.3) is 0 Å². The van der Waals surface area contributed by atoms with E-state index in [1.807, 2.05) is 6.07 Å². The van der Waals surface area contributed by atoms with Crippen molar-refractivity contribution in [3.8, 4) is 0 Å². The van der Waals surface area contributed by atoms with E-state index in [4.69, 9.17) is 0 Å². The zero-order valence-electron chi connectivity index (χ0n) is 13.1. The zero-order valence-corrected chi connectivity index (χ0v) is 13.9. The maximum atomic E-state index is 12.6. The summed E-state index contributed by atoms with van der Waals surface area (Å²) >= 11 is 0. The van der Waals surface area contributed by atoms with Gasteiger partial charge in [0.15, 0.2) is 0 Å². The highest BCUT2D eigenvalue weighted by atomic mass is 32.2. The molecule has 2 fully saturated rings. The number of likely N-dealkylation sites (tertiary alicyclic amines) is 1. The quantitative estimate of drug-likeness (QED) is 0.879. The molecule has 1 heterocycles. The highest BCUT2D eigenvalue weighted by Gasteiger charge is 2.36. The van der Waals surface area contributed by atoms with Crippen LogP contribution in [-0.2, 0) is 10.0 Å². The van der Waals surface area contributed by atoms with Crippen molar-refractivity contribution in [1.29, 1.82) is 0 Å². The minimum atomic E-state index is -3.39. The van der Waals surface area contributed by atoms with Crippen LogP contribution in [0, 0.1) is 0 Å². The fourth-order valence-corrected chi connectivity index (χ4v) is 5.34. The van der Waals surface area contributed by atoms with Crippen LogP contribution >= 0.6 is 0 Å². The van der Waals surface area contributed by atoms with Gasteiger partial charge < -0.3 is 4.90 Å². The summed E-state index contributed by atoms with van der Waals surface area (Å²) in [4.78, 5) is 2.00. The third kappa shape index (κ3) is 3.70. The van der Waals surface area contributed by atoms with E-state index < -0.39 is 10.0 Å². The van der Waals surface area contributed by atoms with Crippen LogP contribution in [-0.4, -0.2) is 33.6 Å². The van der Waals surface area contributed by atoms with Crippen LogP contribution in [0.5, 0.6) is 0 Å². The smallest absolute Gasteiger partial charge is 0.241 e. The summed E-state index contributed by atoms with van der Waals surface area (Å²) in [6.07, 6.45) is 8.38. The molecule has 3 rings (SSSR count). The summed E-state index contributed by atoms with van der Waals surface area (Å²) in [6, 6.07) is 9.30. The topological polar surface area (TPSA) is 50.6 Å². The predicted molar refractivity (Wildman–Crippen MR) is 87.4 cm³/mol. The second-order valence-corrected chi connectivity index (χ2v) is 8.36. The number of rotatable bonds is 4. The third-order valence-electron chi connectivity index (χ3n) is 5.15. The average molecular weight is 323 g/mol. The van der Waals surface area contributed by atoms with E-state index in [1.54, 1.807) is 29.2 Å². The molecule has 4 nitrogen and oxygen atoms in total. The molecule has 0 bridgehead atoms. The van der Waals surface area contributed by atoms with Gasteiger partial charge in [0, 0.05) is 6.42 Å². The van der Waals surface area contributed by atoms with Crippen LogP contribution < -0.4 is 9.62 Å². The maximum Gasteiger partial charge on any atom is 0.241 e. The van der Waals surface area contributed by atoms with Crippen molar-refractivity contribution in [3.63, 3.8) is 0 Å². The monoisotopic (exact) mass is 323 g/mol. The maximum absolute atomic E-state index is 12.6. The molecule has 1 aromatic carbocycles. The van der Waals surface area contributed by atoms with Crippen molar-refractivity contribution < 1.29 is 13.3 Å². The molecule has 2 aliphatic rings. The molecule has 2 atom stereocenters. The lowest BCUT2D eigenvalue weighted by atomic mass is 9.89. The van der Waals surface area contributed by atoms with Crippen molar-refractivity contribution in [1.82, 2.24) is 4.72 Å². The molecule has 0 unspecified atom stereocenters. The third-order valence-corrected chi connectivity index (χ3v) is 6.65. The van der Waals surface area contributed by atoms with Gasteiger partial charge in [0.1, 0.15) is 6.04 Å². The predicted octanol–water partition coefficient (Wildman–Crippen LogP) is 1.34. The number of hydrogen-bond acceptors (Lipinski definition) is 2. The fourth-order valence-electron chi connectivity index (χ4n) is 4.00. The van der Waals surface area contributed by atoms with Crippen LogP contribution in [0.3, 0.4) is 0 Å². The normalized spacial score (nSPS) is 27.6. The molecule has 0 radical (unpaired) electrons. The molecule has 0 aromatic heterocycles. The second-order valence-electron chi connectivity index (χ2n) is 6.65. The Labute approximate surface area is 134 Å². The van der Waals surface area contributed by atoms with Gasteiger partial charge in [0.2, 0.25) is 10.0 Å². The number of quaternary nitrogens is 1. The van der Waals surface area contributed by atoms with Gasteiger partial charge in [-0.25, -0.2) is 13.1 Å². The average Bonchev–Trinajstić information content (AvgIpc) is 2.57. The highest BCUT2D eigenvalue weighted by molar-refractivity contribution is 7.89. The lowest BCUT2D eigenvalue weighted by Crippen LogP contribution is -3.18. The lowest BCUT2D eigenvalue weighted by molar-refractivity contribution is -0.932. The SMILES string of the molecule is O=S(=O)(N[C@H]1CCCC[C@@H]1[NH+]1CCCCC1)c1ccccc1. The van der Waals surface area contributed by atoms with Crippen LogP contribution in [0.4, 0.5) is 0 Å². The van der Waals surface area contributed by atoms with Crippen LogP contribution in [0.1, 0.15) is 44.9 Å². The molecule has 22 heavy (non-hydrogen) atoms. The first-order valence-electron chi connectivity index (χ1n) is 8.59. The molecule has 122 valence electrons. The first kappa shape index (κ1) is 16.0. The van der Waals surface area contributed by atoms with E-state index in [1.165, 1.54) is 38.8 Å². The molecule has 5 heteroatoms. The van der Waals surface area contributed by atoms with Gasteiger partial charge in [-0.15, -0.1) is 0 Å². The molecule has 1 saturated carbocycles. The lowest BCUT2D eigenvalue weighted by Gasteiger charge is -2.39. The summed E-state index contributed by atoms with van der Waals surface area (Å²) in [5, 5.41) is 0. The number of hydrogen-bond donors (Lipinski definition) is 2. The van der Waals surface area contributed by atoms with Gasteiger partial charge in [-0.1, -0.05) is 24.6 Å². The number of nitrogens with one attached hydrogen (secondary N) is 2. The molecule has 1 aliphatic carbocycles. The zero-order chi connectivity index (χ0) is 15.4. The van der Waals surface area contributed by atoms with Crippen LogP contribution in [0.15, 0.2) is 35.2 Å². The van der Waals surface area contributed by atoms with Crippen molar-refractivity contribution in [2.24, 2.45) is 0 Å². The Kier molecular flexibility index (Phi) is 5.16. The van der Waals surface area contributed by atoms with Crippen LogP contribution in [0.2, 0.25) is 0 Å².